The van der Waals surface area contributed by atoms with Gasteiger partial charge in [-0.15, -0.1) is 11.3 Å². The summed E-state index contributed by atoms with van der Waals surface area (Å²) in [7, 11) is -0.782. The van der Waals surface area contributed by atoms with Crippen molar-refractivity contribution in [3.05, 3.63) is 16.3 Å². The van der Waals surface area contributed by atoms with E-state index in [0.29, 0.717) is 0 Å². The predicted molar refractivity (Wildman–Crippen MR) is 82.1 cm³/mol. The fourth-order valence-electron chi connectivity index (χ4n) is 2.71. The highest BCUT2D eigenvalue weighted by Crippen LogP contribution is 2.29. The van der Waals surface area contributed by atoms with Crippen LogP contribution < -0.4 is 0 Å². The lowest BCUT2D eigenvalue weighted by molar-refractivity contribution is 0.0602. The first-order chi connectivity index (χ1) is 9.98. The second-order valence-corrected chi connectivity index (χ2v) is 8.15. The van der Waals surface area contributed by atoms with Gasteiger partial charge in [-0.05, 0) is 24.3 Å². The molecule has 7 heteroatoms. The van der Waals surface area contributed by atoms with Crippen molar-refractivity contribution in [2.75, 3.05) is 14.2 Å². The molecule has 1 aliphatic rings. The number of esters is 1. The van der Waals surface area contributed by atoms with E-state index in [0.717, 1.165) is 49.9 Å². The van der Waals surface area contributed by atoms with Crippen molar-refractivity contribution in [1.29, 1.82) is 0 Å². The van der Waals surface area contributed by atoms with Crippen molar-refractivity contribution in [2.24, 2.45) is 0 Å². The van der Waals surface area contributed by atoms with Crippen LogP contribution in [0.1, 0.15) is 48.2 Å². The lowest BCUT2D eigenvalue weighted by Gasteiger charge is -2.26. The first-order valence-electron chi connectivity index (χ1n) is 7.12. The Morgan fingerprint density at radius 3 is 2.48 bits per heavy atom. The lowest BCUT2D eigenvalue weighted by Crippen LogP contribution is -2.37. The Kier molecular flexibility index (Phi) is 5.40. The number of nitrogens with zero attached hydrogens (tertiary/aromatic N) is 1. The van der Waals surface area contributed by atoms with E-state index in [1.807, 2.05) is 0 Å². The van der Waals surface area contributed by atoms with Gasteiger partial charge in [0.1, 0.15) is 9.77 Å². The number of hydrogen-bond donors (Lipinski definition) is 0. The third-order valence-corrected chi connectivity index (χ3v) is 6.97. The minimum atomic E-state index is -3.65. The third-order valence-electron chi connectivity index (χ3n) is 4.00. The molecular weight excluding hydrogens is 310 g/mol. The second-order valence-electron chi connectivity index (χ2n) is 5.27. The molecule has 0 atom stereocenters. The molecule has 1 aromatic heterocycles. The van der Waals surface area contributed by atoms with E-state index in [1.54, 1.807) is 12.4 Å². The average molecular weight is 331 g/mol. The number of carbonyl (C=O) groups excluding carboxylic acids is 1. The van der Waals surface area contributed by atoms with E-state index in [1.165, 1.54) is 17.5 Å². The van der Waals surface area contributed by atoms with E-state index in [-0.39, 0.29) is 15.8 Å². The minimum Gasteiger partial charge on any atom is -0.465 e. The quantitative estimate of drug-likeness (QED) is 0.628. The average Bonchev–Trinajstić information content (AvgIpc) is 2.82. The first kappa shape index (κ1) is 16.5. The van der Waals surface area contributed by atoms with Gasteiger partial charge in [-0.25, -0.2) is 13.2 Å². The van der Waals surface area contributed by atoms with Crippen molar-refractivity contribution < 1.29 is 17.9 Å². The Hall–Kier alpha value is -0.920. The summed E-state index contributed by atoms with van der Waals surface area (Å²) in [6.45, 7) is 0. The van der Waals surface area contributed by atoms with Gasteiger partial charge >= 0.3 is 5.97 Å². The summed E-state index contributed by atoms with van der Waals surface area (Å²) in [4.78, 5) is 11.9. The number of methoxy groups -OCH3 is 1. The number of carbonyl (C=O) groups is 1. The molecule has 0 aliphatic heterocycles. The van der Waals surface area contributed by atoms with Crippen LogP contribution >= 0.6 is 11.3 Å². The Morgan fingerprint density at radius 1 is 1.29 bits per heavy atom. The van der Waals surface area contributed by atoms with Crippen LogP contribution in [0.5, 0.6) is 0 Å². The Balaban J connectivity index is 2.28. The van der Waals surface area contributed by atoms with Gasteiger partial charge in [0.25, 0.3) is 0 Å². The number of hydrogen-bond acceptors (Lipinski definition) is 5. The van der Waals surface area contributed by atoms with Gasteiger partial charge in [0.05, 0.1) is 7.11 Å². The largest absolute Gasteiger partial charge is 0.465 e. The number of rotatable bonds is 4. The lowest BCUT2D eigenvalue weighted by atomic mass is 10.1. The van der Waals surface area contributed by atoms with Crippen LogP contribution in [0.2, 0.25) is 0 Å². The van der Waals surface area contributed by atoms with Crippen LogP contribution in [-0.2, 0) is 14.8 Å². The molecule has 1 aromatic rings. The number of ether oxygens (including phenoxy) is 1. The van der Waals surface area contributed by atoms with Gasteiger partial charge in [-0.1, -0.05) is 25.7 Å². The summed E-state index contributed by atoms with van der Waals surface area (Å²) in [5.41, 5.74) is 0. The van der Waals surface area contributed by atoms with Gasteiger partial charge in [0, 0.05) is 13.1 Å². The molecule has 1 heterocycles. The molecule has 0 saturated heterocycles. The van der Waals surface area contributed by atoms with Crippen molar-refractivity contribution in [2.45, 2.75) is 49.5 Å². The summed E-state index contributed by atoms with van der Waals surface area (Å²) >= 11 is 1.10. The summed E-state index contributed by atoms with van der Waals surface area (Å²) in [6.07, 6.45) is 6.20. The van der Waals surface area contributed by atoms with Gasteiger partial charge in [0.2, 0.25) is 10.0 Å². The second kappa shape index (κ2) is 6.89. The van der Waals surface area contributed by atoms with Gasteiger partial charge in [-0.2, -0.15) is 4.31 Å². The van der Waals surface area contributed by atoms with Crippen LogP contribution in [0.4, 0.5) is 0 Å². The van der Waals surface area contributed by atoms with Crippen molar-refractivity contribution >= 4 is 27.3 Å². The van der Waals surface area contributed by atoms with Crippen molar-refractivity contribution in [3.63, 3.8) is 0 Å². The fraction of sp³-hybridized carbons (Fsp3) is 0.643. The van der Waals surface area contributed by atoms with E-state index in [2.05, 4.69) is 4.74 Å². The molecule has 0 amide bonds. The van der Waals surface area contributed by atoms with Crippen LogP contribution in [0.3, 0.4) is 0 Å². The van der Waals surface area contributed by atoms with Gasteiger partial charge in [-0.3, -0.25) is 0 Å². The first-order valence-corrected chi connectivity index (χ1v) is 9.44. The molecule has 1 aliphatic carbocycles. The summed E-state index contributed by atoms with van der Waals surface area (Å²) in [6, 6.07) is 1.50. The third kappa shape index (κ3) is 3.46. The number of sulfonamides is 1. The van der Waals surface area contributed by atoms with Crippen molar-refractivity contribution in [1.82, 2.24) is 4.31 Å². The van der Waals surface area contributed by atoms with E-state index < -0.39 is 16.0 Å². The highest BCUT2D eigenvalue weighted by atomic mass is 32.2. The molecule has 0 radical (unpaired) electrons. The molecule has 0 bridgehead atoms. The summed E-state index contributed by atoms with van der Waals surface area (Å²) in [5, 5.41) is 1.61. The highest BCUT2D eigenvalue weighted by Gasteiger charge is 2.32. The molecule has 118 valence electrons. The van der Waals surface area contributed by atoms with Crippen LogP contribution in [0.25, 0.3) is 0 Å². The van der Waals surface area contributed by atoms with Crippen LogP contribution in [-0.4, -0.2) is 38.9 Å². The molecule has 0 aromatic carbocycles. The van der Waals surface area contributed by atoms with E-state index in [9.17, 15) is 13.2 Å². The molecule has 1 saturated carbocycles. The van der Waals surface area contributed by atoms with Gasteiger partial charge in [0.15, 0.2) is 0 Å². The van der Waals surface area contributed by atoms with E-state index in [4.69, 9.17) is 0 Å². The zero-order valence-electron chi connectivity index (χ0n) is 12.4. The monoisotopic (exact) mass is 331 g/mol. The maximum absolute atomic E-state index is 12.8. The van der Waals surface area contributed by atoms with Crippen LogP contribution in [0, 0.1) is 0 Å². The summed E-state index contributed by atoms with van der Waals surface area (Å²) in [5.74, 6) is -0.599. The summed E-state index contributed by atoms with van der Waals surface area (Å²) < 4.78 is 31.6. The minimum absolute atomic E-state index is 0.0166. The van der Waals surface area contributed by atoms with Crippen LogP contribution in [0.15, 0.2) is 16.3 Å². The Bertz CT molecular complexity index is 586. The highest BCUT2D eigenvalue weighted by molar-refractivity contribution is 7.89. The fourth-order valence-corrected chi connectivity index (χ4v) is 5.44. The number of thiophene rings is 1. The topological polar surface area (TPSA) is 63.7 Å². The molecule has 21 heavy (non-hydrogen) atoms. The molecule has 0 spiro atoms. The maximum Gasteiger partial charge on any atom is 0.349 e. The smallest absolute Gasteiger partial charge is 0.349 e. The molecule has 2 rings (SSSR count). The standard InChI is InChI=1S/C14H21NO4S2/c1-15(11-7-5-3-4-6-8-11)21(17,18)12-9-10-20-13(12)14(16)19-2/h9-11H,3-8H2,1-2H3. The normalized spacial score (nSPS) is 17.7. The zero-order chi connectivity index (χ0) is 15.5. The molecule has 1 fully saturated rings. The van der Waals surface area contributed by atoms with Crippen molar-refractivity contribution in [3.8, 4) is 0 Å². The SMILES string of the molecule is COC(=O)c1sccc1S(=O)(=O)N(C)C1CCCCCC1. The molecular formula is C14H21NO4S2. The molecule has 0 N–H and O–H groups in total. The van der Waals surface area contributed by atoms with E-state index >= 15 is 0 Å². The Labute approximate surface area is 130 Å². The Morgan fingerprint density at radius 2 is 1.90 bits per heavy atom. The zero-order valence-corrected chi connectivity index (χ0v) is 14.0. The molecule has 0 unspecified atom stereocenters. The predicted octanol–water partition coefficient (Wildman–Crippen LogP) is 2.88. The maximum atomic E-state index is 12.8. The molecule has 5 nitrogen and oxygen atoms in total. The van der Waals surface area contributed by atoms with Gasteiger partial charge < -0.3 is 4.74 Å².